The van der Waals surface area contributed by atoms with Crippen molar-refractivity contribution in [3.05, 3.63) is 89.3 Å². The van der Waals surface area contributed by atoms with Crippen LogP contribution in [0, 0.1) is 11.8 Å². The number of esters is 1. The molecule has 28 heavy (non-hydrogen) atoms. The predicted octanol–water partition coefficient (Wildman–Crippen LogP) is 4.68. The number of hydrogen-bond donors (Lipinski definition) is 0. The Bertz CT molecular complexity index is 982. The van der Waals surface area contributed by atoms with E-state index in [1.807, 2.05) is 6.07 Å². The number of benzene rings is 2. The van der Waals surface area contributed by atoms with Crippen LogP contribution in [0.2, 0.25) is 0 Å². The summed E-state index contributed by atoms with van der Waals surface area (Å²) >= 11 is 0. The number of halogens is 3. The van der Waals surface area contributed by atoms with Crippen molar-refractivity contribution in [3.8, 4) is 11.8 Å². The fourth-order valence-corrected chi connectivity index (χ4v) is 2.82. The lowest BCUT2D eigenvalue weighted by molar-refractivity contribution is -0.137. The van der Waals surface area contributed by atoms with Crippen molar-refractivity contribution in [2.75, 3.05) is 7.11 Å². The number of rotatable bonds is 2. The predicted molar refractivity (Wildman–Crippen MR) is 99.5 cm³/mol. The summed E-state index contributed by atoms with van der Waals surface area (Å²) in [7, 11) is 1.03. The Morgan fingerprint density at radius 1 is 1.11 bits per heavy atom. The molecule has 1 unspecified atom stereocenters. The zero-order chi connectivity index (χ0) is 20.1. The molecule has 0 bridgehead atoms. The summed E-state index contributed by atoms with van der Waals surface area (Å²) in [5.74, 6) is 4.75. The maximum absolute atomic E-state index is 13.7. The van der Waals surface area contributed by atoms with E-state index in [0.717, 1.165) is 17.6 Å². The van der Waals surface area contributed by atoms with Gasteiger partial charge in [-0.25, -0.2) is 4.79 Å². The van der Waals surface area contributed by atoms with Gasteiger partial charge in [0.05, 0.1) is 13.2 Å². The summed E-state index contributed by atoms with van der Waals surface area (Å²) in [4.78, 5) is 12.5. The standard InChI is InChI=1S/C22H16F3NO2/c1-28-21(27)15-20(22(23,24)25)26-14-13-17-9-5-6-10-18(17)19(26)12-11-16-7-3-2-4-8-16/h2-10,13-15,19H,1H3/b20-15+. The van der Waals surface area contributed by atoms with E-state index in [2.05, 4.69) is 16.6 Å². The molecule has 6 heteroatoms. The Hall–Kier alpha value is -3.46. The van der Waals surface area contributed by atoms with E-state index in [4.69, 9.17) is 0 Å². The average Bonchev–Trinajstić information content (AvgIpc) is 2.70. The van der Waals surface area contributed by atoms with E-state index in [1.54, 1.807) is 54.6 Å². The van der Waals surface area contributed by atoms with Crippen molar-refractivity contribution in [3.63, 3.8) is 0 Å². The Labute approximate surface area is 160 Å². The highest BCUT2D eigenvalue weighted by molar-refractivity contribution is 5.83. The van der Waals surface area contributed by atoms with E-state index in [0.29, 0.717) is 17.2 Å². The normalized spacial score (nSPS) is 16.1. The molecule has 2 aromatic carbocycles. The Morgan fingerprint density at radius 3 is 2.46 bits per heavy atom. The van der Waals surface area contributed by atoms with Crippen molar-refractivity contribution in [2.45, 2.75) is 12.2 Å². The van der Waals surface area contributed by atoms with Crippen LogP contribution in [0.25, 0.3) is 6.08 Å². The van der Waals surface area contributed by atoms with Gasteiger partial charge in [0, 0.05) is 11.8 Å². The third-order valence-corrected chi connectivity index (χ3v) is 4.13. The molecule has 0 N–H and O–H groups in total. The lowest BCUT2D eigenvalue weighted by atomic mass is 9.95. The molecule has 1 aliphatic heterocycles. The summed E-state index contributed by atoms with van der Waals surface area (Å²) in [5, 5.41) is 0. The third kappa shape index (κ3) is 4.26. The molecule has 0 aromatic heterocycles. The van der Waals surface area contributed by atoms with Crippen LogP contribution in [0.1, 0.15) is 22.7 Å². The monoisotopic (exact) mass is 383 g/mol. The van der Waals surface area contributed by atoms with Crippen LogP contribution >= 0.6 is 0 Å². The number of carbonyl (C=O) groups is 1. The van der Waals surface area contributed by atoms with Gasteiger partial charge < -0.3 is 9.64 Å². The van der Waals surface area contributed by atoms with Gasteiger partial charge in [0.2, 0.25) is 0 Å². The molecule has 0 fully saturated rings. The van der Waals surface area contributed by atoms with Crippen molar-refractivity contribution < 1.29 is 22.7 Å². The van der Waals surface area contributed by atoms with Crippen molar-refractivity contribution in [1.29, 1.82) is 0 Å². The minimum absolute atomic E-state index is 0.440. The smallest absolute Gasteiger partial charge is 0.431 e. The highest BCUT2D eigenvalue weighted by Crippen LogP contribution is 2.38. The summed E-state index contributed by atoms with van der Waals surface area (Å²) in [5.41, 5.74) is 0.927. The second kappa shape index (κ2) is 8.05. The van der Waals surface area contributed by atoms with Crippen LogP contribution in [-0.2, 0) is 9.53 Å². The first kappa shape index (κ1) is 19.3. The number of methoxy groups -OCH3 is 1. The zero-order valence-corrected chi connectivity index (χ0v) is 14.9. The fourth-order valence-electron chi connectivity index (χ4n) is 2.82. The molecule has 3 rings (SSSR count). The quantitative estimate of drug-likeness (QED) is 0.428. The van der Waals surface area contributed by atoms with Gasteiger partial charge in [-0.1, -0.05) is 54.3 Å². The van der Waals surface area contributed by atoms with Crippen molar-refractivity contribution in [1.82, 2.24) is 4.90 Å². The van der Waals surface area contributed by atoms with Gasteiger partial charge in [-0.2, -0.15) is 13.2 Å². The summed E-state index contributed by atoms with van der Waals surface area (Å²) in [6.45, 7) is 0. The molecule has 0 saturated heterocycles. The van der Waals surface area contributed by atoms with Crippen molar-refractivity contribution >= 4 is 12.0 Å². The number of alkyl halides is 3. The second-order valence-electron chi connectivity index (χ2n) is 5.94. The number of hydrogen-bond acceptors (Lipinski definition) is 3. The highest BCUT2D eigenvalue weighted by atomic mass is 19.4. The molecule has 0 aliphatic carbocycles. The van der Waals surface area contributed by atoms with Crippen LogP contribution in [-0.4, -0.2) is 24.2 Å². The number of ether oxygens (including phenoxy) is 1. The van der Waals surface area contributed by atoms with Crippen LogP contribution in [0.3, 0.4) is 0 Å². The minimum Gasteiger partial charge on any atom is -0.466 e. The van der Waals surface area contributed by atoms with E-state index < -0.39 is 23.9 Å². The average molecular weight is 383 g/mol. The number of nitrogens with zero attached hydrogens (tertiary/aromatic N) is 1. The lowest BCUT2D eigenvalue weighted by Gasteiger charge is -2.34. The van der Waals surface area contributed by atoms with Gasteiger partial charge >= 0.3 is 12.1 Å². The van der Waals surface area contributed by atoms with Crippen LogP contribution < -0.4 is 0 Å². The number of carbonyl (C=O) groups excluding carboxylic acids is 1. The molecule has 0 amide bonds. The van der Waals surface area contributed by atoms with Crippen LogP contribution in [0.15, 0.2) is 72.6 Å². The minimum atomic E-state index is -4.77. The SMILES string of the molecule is COC(=O)/C=C(/N1C=Cc2ccccc2C1C#Cc1ccccc1)C(F)(F)F. The molecule has 0 radical (unpaired) electrons. The topological polar surface area (TPSA) is 29.5 Å². The van der Waals surface area contributed by atoms with Crippen molar-refractivity contribution in [2.24, 2.45) is 0 Å². The lowest BCUT2D eigenvalue weighted by Crippen LogP contribution is -2.33. The van der Waals surface area contributed by atoms with E-state index in [-0.39, 0.29) is 0 Å². The third-order valence-electron chi connectivity index (χ3n) is 4.13. The van der Waals surface area contributed by atoms with Gasteiger partial charge in [-0.3, -0.25) is 0 Å². The maximum atomic E-state index is 13.7. The van der Waals surface area contributed by atoms with Gasteiger partial charge in [-0.15, -0.1) is 0 Å². The maximum Gasteiger partial charge on any atom is 0.431 e. The first-order chi connectivity index (χ1) is 13.4. The molecule has 2 aromatic rings. The fraction of sp³-hybridized carbons (Fsp3) is 0.136. The molecular formula is C22H16F3NO2. The second-order valence-corrected chi connectivity index (χ2v) is 5.94. The van der Waals surface area contributed by atoms with E-state index >= 15 is 0 Å². The molecule has 0 spiro atoms. The van der Waals surface area contributed by atoms with Gasteiger partial charge in [0.25, 0.3) is 0 Å². The summed E-state index contributed by atoms with van der Waals surface area (Å²) in [6.07, 6.45) is -1.48. The summed E-state index contributed by atoms with van der Waals surface area (Å²) in [6, 6.07) is 15.1. The molecule has 1 aliphatic rings. The summed E-state index contributed by atoms with van der Waals surface area (Å²) < 4.78 is 45.5. The number of allylic oxidation sites excluding steroid dienone is 1. The molecule has 3 nitrogen and oxygen atoms in total. The van der Waals surface area contributed by atoms with E-state index in [1.165, 1.54) is 6.20 Å². The highest BCUT2D eigenvalue weighted by Gasteiger charge is 2.41. The zero-order valence-electron chi connectivity index (χ0n) is 14.9. The van der Waals surface area contributed by atoms with Gasteiger partial charge in [0.15, 0.2) is 0 Å². The van der Waals surface area contributed by atoms with Gasteiger partial charge in [0.1, 0.15) is 11.7 Å². The molecule has 0 saturated carbocycles. The molecule has 142 valence electrons. The van der Waals surface area contributed by atoms with Crippen LogP contribution in [0.4, 0.5) is 13.2 Å². The first-order valence-electron chi connectivity index (χ1n) is 8.39. The molecule has 1 atom stereocenters. The first-order valence-corrected chi connectivity index (χ1v) is 8.39. The molecule has 1 heterocycles. The van der Waals surface area contributed by atoms with Gasteiger partial charge in [-0.05, 0) is 29.3 Å². The van der Waals surface area contributed by atoms with E-state index in [9.17, 15) is 18.0 Å². The Morgan fingerprint density at radius 2 is 1.79 bits per heavy atom. The largest absolute Gasteiger partial charge is 0.466 e. The van der Waals surface area contributed by atoms with Crippen LogP contribution in [0.5, 0.6) is 0 Å². The molecular weight excluding hydrogens is 367 g/mol. The Balaban J connectivity index is 2.12. The number of fused-ring (bicyclic) bond motifs is 1. The Kier molecular flexibility index (Phi) is 5.55.